The summed E-state index contributed by atoms with van der Waals surface area (Å²) in [6.07, 6.45) is -0.758. The first-order chi connectivity index (χ1) is 12.1. The van der Waals surface area contributed by atoms with E-state index in [1.54, 1.807) is 0 Å². The van der Waals surface area contributed by atoms with Gasteiger partial charge in [-0.25, -0.2) is 0 Å². The van der Waals surface area contributed by atoms with Gasteiger partial charge in [-0.15, -0.1) is 0 Å². The molecule has 1 aromatic carbocycles. The van der Waals surface area contributed by atoms with E-state index in [1.807, 2.05) is 0 Å². The SMILES string of the molecule is C[C@@](O)(CCF)CC(=O)N[C@@H](COC(F)F)c1cccc(OC(F)F)c1. The number of aliphatic hydroxyl groups is 1. The van der Waals surface area contributed by atoms with E-state index in [-0.39, 0.29) is 17.7 Å². The molecule has 0 radical (unpaired) electrons. The predicted molar refractivity (Wildman–Crippen MR) is 81.7 cm³/mol. The Morgan fingerprint density at radius 2 is 1.96 bits per heavy atom. The summed E-state index contributed by atoms with van der Waals surface area (Å²) >= 11 is 0. The first-order valence-electron chi connectivity index (χ1n) is 7.65. The summed E-state index contributed by atoms with van der Waals surface area (Å²) in [5.41, 5.74) is -1.43. The van der Waals surface area contributed by atoms with Gasteiger partial charge in [0.25, 0.3) is 0 Å². The monoisotopic (exact) mass is 385 g/mol. The second-order valence-corrected chi connectivity index (χ2v) is 5.78. The molecule has 0 aliphatic heterocycles. The van der Waals surface area contributed by atoms with Crippen molar-refractivity contribution < 1.29 is 41.3 Å². The number of hydrogen-bond donors (Lipinski definition) is 2. The average Bonchev–Trinajstić information content (AvgIpc) is 2.50. The maximum Gasteiger partial charge on any atom is 0.387 e. The molecule has 1 rings (SSSR count). The molecule has 0 aliphatic rings. The highest BCUT2D eigenvalue weighted by molar-refractivity contribution is 5.77. The van der Waals surface area contributed by atoms with E-state index >= 15 is 0 Å². The number of carbonyl (C=O) groups excluding carboxylic acids is 1. The van der Waals surface area contributed by atoms with E-state index in [0.717, 1.165) is 6.07 Å². The fourth-order valence-electron chi connectivity index (χ4n) is 2.18. The summed E-state index contributed by atoms with van der Waals surface area (Å²) < 4.78 is 70.0. The van der Waals surface area contributed by atoms with Crippen LogP contribution in [0.2, 0.25) is 0 Å². The van der Waals surface area contributed by atoms with Crippen LogP contribution in [0.15, 0.2) is 24.3 Å². The van der Waals surface area contributed by atoms with Crippen molar-refractivity contribution in [1.29, 1.82) is 0 Å². The Morgan fingerprint density at radius 3 is 2.54 bits per heavy atom. The quantitative estimate of drug-likeness (QED) is 0.574. The number of rotatable bonds is 11. The lowest BCUT2D eigenvalue weighted by molar-refractivity contribution is -0.140. The van der Waals surface area contributed by atoms with Gasteiger partial charge in [0.1, 0.15) is 5.75 Å². The molecule has 148 valence electrons. The van der Waals surface area contributed by atoms with Crippen molar-refractivity contribution in [1.82, 2.24) is 5.32 Å². The zero-order chi connectivity index (χ0) is 19.7. The van der Waals surface area contributed by atoms with Crippen molar-refractivity contribution in [2.75, 3.05) is 13.3 Å². The number of ether oxygens (including phenoxy) is 2. The number of carbonyl (C=O) groups is 1. The molecule has 0 saturated carbocycles. The van der Waals surface area contributed by atoms with Crippen LogP contribution in [0.25, 0.3) is 0 Å². The van der Waals surface area contributed by atoms with E-state index in [1.165, 1.54) is 25.1 Å². The number of halogens is 5. The number of alkyl halides is 5. The van der Waals surface area contributed by atoms with Crippen molar-refractivity contribution >= 4 is 5.91 Å². The Balaban J connectivity index is 2.89. The molecule has 0 spiro atoms. The molecule has 0 heterocycles. The summed E-state index contributed by atoms with van der Waals surface area (Å²) in [5, 5.41) is 12.2. The lowest BCUT2D eigenvalue weighted by atomic mass is 9.98. The smallest absolute Gasteiger partial charge is 0.387 e. The van der Waals surface area contributed by atoms with Crippen LogP contribution < -0.4 is 10.1 Å². The van der Waals surface area contributed by atoms with Gasteiger partial charge in [0.15, 0.2) is 0 Å². The summed E-state index contributed by atoms with van der Waals surface area (Å²) in [5.74, 6) is -0.968. The maximum absolute atomic E-state index is 12.4. The Morgan fingerprint density at radius 1 is 1.27 bits per heavy atom. The second-order valence-electron chi connectivity index (χ2n) is 5.78. The van der Waals surface area contributed by atoms with Gasteiger partial charge in [-0.1, -0.05) is 12.1 Å². The zero-order valence-corrected chi connectivity index (χ0v) is 13.9. The van der Waals surface area contributed by atoms with E-state index in [0.29, 0.717) is 0 Å². The number of hydrogen-bond acceptors (Lipinski definition) is 4. The van der Waals surface area contributed by atoms with Gasteiger partial charge in [-0.3, -0.25) is 9.18 Å². The van der Waals surface area contributed by atoms with Crippen molar-refractivity contribution in [3.63, 3.8) is 0 Å². The van der Waals surface area contributed by atoms with Crippen molar-refractivity contribution in [3.05, 3.63) is 29.8 Å². The fraction of sp³-hybridized carbons (Fsp3) is 0.562. The predicted octanol–water partition coefficient (Wildman–Crippen LogP) is 3.19. The third-order valence-electron chi connectivity index (χ3n) is 3.38. The molecule has 0 fully saturated rings. The van der Waals surface area contributed by atoms with Crippen LogP contribution in [-0.4, -0.2) is 43.1 Å². The van der Waals surface area contributed by atoms with Crippen LogP contribution in [0.3, 0.4) is 0 Å². The minimum atomic E-state index is -3.11. The molecular formula is C16H20F5NO4. The summed E-state index contributed by atoms with van der Waals surface area (Å²) in [7, 11) is 0. The van der Waals surface area contributed by atoms with Crippen LogP contribution in [0, 0.1) is 0 Å². The third-order valence-corrected chi connectivity index (χ3v) is 3.38. The van der Waals surface area contributed by atoms with Gasteiger partial charge in [0.05, 0.1) is 31.3 Å². The zero-order valence-electron chi connectivity index (χ0n) is 13.9. The standard InChI is InChI=1S/C16H20F5NO4/c1-16(24,5-6-17)8-13(23)22-12(9-25-14(18)19)10-3-2-4-11(7-10)26-15(20)21/h2-4,7,12,14-15,24H,5-6,8-9H2,1H3,(H,22,23)/t12-,16+/m0/s1. The summed E-state index contributed by atoms with van der Waals surface area (Å²) in [6, 6.07) is 4.00. The minimum absolute atomic E-state index is 0.183. The highest BCUT2D eigenvalue weighted by Crippen LogP contribution is 2.23. The Kier molecular flexibility index (Phi) is 8.73. The van der Waals surface area contributed by atoms with Crippen molar-refractivity contribution in [3.8, 4) is 5.75 Å². The van der Waals surface area contributed by atoms with E-state index in [2.05, 4.69) is 14.8 Å². The van der Waals surface area contributed by atoms with E-state index in [9.17, 15) is 31.9 Å². The Hall–Kier alpha value is -1.94. The molecule has 1 amide bonds. The van der Waals surface area contributed by atoms with Crippen LogP contribution in [0.1, 0.15) is 31.4 Å². The van der Waals surface area contributed by atoms with Crippen molar-refractivity contribution in [2.24, 2.45) is 0 Å². The molecule has 10 heteroatoms. The largest absolute Gasteiger partial charge is 0.435 e. The van der Waals surface area contributed by atoms with Gasteiger partial charge in [0.2, 0.25) is 5.91 Å². The highest BCUT2D eigenvalue weighted by atomic mass is 19.3. The lowest BCUT2D eigenvalue weighted by Crippen LogP contribution is -2.38. The molecule has 2 N–H and O–H groups in total. The molecule has 26 heavy (non-hydrogen) atoms. The second kappa shape index (κ2) is 10.3. The van der Waals surface area contributed by atoms with Gasteiger partial charge < -0.3 is 19.9 Å². The molecular weight excluding hydrogens is 365 g/mol. The molecule has 5 nitrogen and oxygen atoms in total. The third kappa shape index (κ3) is 8.43. The van der Waals surface area contributed by atoms with Gasteiger partial charge in [0, 0.05) is 6.42 Å². The average molecular weight is 385 g/mol. The van der Waals surface area contributed by atoms with E-state index in [4.69, 9.17) is 0 Å². The number of amides is 1. The van der Waals surface area contributed by atoms with Crippen LogP contribution in [-0.2, 0) is 9.53 Å². The first kappa shape index (κ1) is 22.1. The molecule has 0 aromatic heterocycles. The number of nitrogens with one attached hydrogen (secondary N) is 1. The van der Waals surface area contributed by atoms with Crippen LogP contribution in [0.5, 0.6) is 5.75 Å². The Labute approximate surface area is 147 Å². The normalized spacial score (nSPS) is 15.0. The van der Waals surface area contributed by atoms with E-state index < -0.39 is 50.5 Å². The highest BCUT2D eigenvalue weighted by Gasteiger charge is 2.26. The molecule has 0 bridgehead atoms. The number of benzene rings is 1. The topological polar surface area (TPSA) is 67.8 Å². The lowest BCUT2D eigenvalue weighted by Gasteiger charge is -2.24. The van der Waals surface area contributed by atoms with Crippen LogP contribution in [0.4, 0.5) is 22.0 Å². The van der Waals surface area contributed by atoms with Gasteiger partial charge >= 0.3 is 13.2 Å². The summed E-state index contributed by atoms with van der Waals surface area (Å²) in [4.78, 5) is 12.0. The molecule has 0 saturated heterocycles. The molecule has 0 aliphatic carbocycles. The fourth-order valence-corrected chi connectivity index (χ4v) is 2.18. The van der Waals surface area contributed by atoms with Gasteiger partial charge in [-0.2, -0.15) is 17.6 Å². The minimum Gasteiger partial charge on any atom is -0.435 e. The van der Waals surface area contributed by atoms with Crippen molar-refractivity contribution in [2.45, 2.75) is 44.6 Å². The Bertz CT molecular complexity index is 571. The summed E-state index contributed by atoms with van der Waals surface area (Å²) in [6.45, 7) is -6.41. The molecule has 2 atom stereocenters. The van der Waals surface area contributed by atoms with Crippen LogP contribution >= 0.6 is 0 Å². The maximum atomic E-state index is 12.4. The molecule has 1 aromatic rings. The molecule has 0 unspecified atom stereocenters. The first-order valence-corrected chi connectivity index (χ1v) is 7.65. The van der Waals surface area contributed by atoms with Gasteiger partial charge in [-0.05, 0) is 24.6 Å².